The van der Waals surface area contributed by atoms with E-state index in [-0.39, 0.29) is 0 Å². The smallest absolute Gasteiger partial charge is 0.151 e. The minimum atomic E-state index is 0.788. The van der Waals surface area contributed by atoms with Crippen LogP contribution in [0.2, 0.25) is 0 Å². The zero-order valence-electron chi connectivity index (χ0n) is 11.0. The number of aromatic nitrogens is 1. The molecule has 0 aliphatic heterocycles. The molecule has 0 unspecified atom stereocenters. The van der Waals surface area contributed by atoms with Gasteiger partial charge in [-0.1, -0.05) is 12.1 Å². The summed E-state index contributed by atoms with van der Waals surface area (Å²) in [6, 6.07) is 2.04. The molecule has 4 nitrogen and oxygen atoms in total. The molecule has 1 aromatic heterocycles. The van der Waals surface area contributed by atoms with Crippen molar-refractivity contribution in [2.24, 2.45) is 0 Å². The van der Waals surface area contributed by atoms with Gasteiger partial charge in [-0.2, -0.15) is 11.8 Å². The van der Waals surface area contributed by atoms with E-state index in [1.54, 1.807) is 0 Å². The topological polar surface area (TPSA) is 41.3 Å². The first-order chi connectivity index (χ1) is 8.26. The van der Waals surface area contributed by atoms with E-state index in [9.17, 15) is 0 Å². The second-order valence-electron chi connectivity index (χ2n) is 4.15. The van der Waals surface area contributed by atoms with Crippen LogP contribution in [0.1, 0.15) is 24.8 Å². The summed E-state index contributed by atoms with van der Waals surface area (Å²) in [5.41, 5.74) is 0.986. The van der Waals surface area contributed by atoms with E-state index >= 15 is 0 Å². The molecule has 0 fully saturated rings. The monoisotopic (exact) mass is 257 g/mol. The number of rotatable bonds is 9. The van der Waals surface area contributed by atoms with Crippen molar-refractivity contribution in [3.05, 3.63) is 17.5 Å². The molecule has 0 aliphatic rings. The normalized spacial score (nSPS) is 11.3. The third kappa shape index (κ3) is 6.10. The van der Waals surface area contributed by atoms with Crippen molar-refractivity contribution < 1.29 is 4.52 Å². The van der Waals surface area contributed by atoms with Crippen molar-refractivity contribution in [3.8, 4) is 0 Å². The standard InChI is InChI=1S/C12H23N3OS/c1-4-13-9-11-8-12(16-14-11)10-15(2)6-5-7-17-3/h8,13H,4-7,9-10H2,1-3H3. The van der Waals surface area contributed by atoms with Gasteiger partial charge in [-0.25, -0.2) is 0 Å². The zero-order chi connectivity index (χ0) is 12.5. The Morgan fingerprint density at radius 3 is 3.06 bits per heavy atom. The van der Waals surface area contributed by atoms with Crippen molar-refractivity contribution in [1.82, 2.24) is 15.4 Å². The van der Waals surface area contributed by atoms with Gasteiger partial charge < -0.3 is 9.84 Å². The number of nitrogens with one attached hydrogen (secondary N) is 1. The summed E-state index contributed by atoms with van der Waals surface area (Å²) < 4.78 is 5.30. The van der Waals surface area contributed by atoms with E-state index in [0.717, 1.165) is 37.6 Å². The quantitative estimate of drug-likeness (QED) is 0.685. The molecule has 0 amide bonds. The van der Waals surface area contributed by atoms with Crippen LogP contribution in [0.5, 0.6) is 0 Å². The second-order valence-corrected chi connectivity index (χ2v) is 5.13. The van der Waals surface area contributed by atoms with E-state index in [2.05, 4.69) is 35.6 Å². The van der Waals surface area contributed by atoms with Gasteiger partial charge in [-0.3, -0.25) is 4.90 Å². The lowest BCUT2D eigenvalue weighted by Crippen LogP contribution is -2.19. The van der Waals surface area contributed by atoms with Gasteiger partial charge in [0.15, 0.2) is 5.76 Å². The first-order valence-corrected chi connectivity index (χ1v) is 7.48. The van der Waals surface area contributed by atoms with Crippen LogP contribution in [0, 0.1) is 0 Å². The number of thioether (sulfide) groups is 1. The van der Waals surface area contributed by atoms with Crippen molar-refractivity contribution in [1.29, 1.82) is 0 Å². The molecule has 0 aromatic carbocycles. The van der Waals surface area contributed by atoms with Crippen LogP contribution in [0.3, 0.4) is 0 Å². The van der Waals surface area contributed by atoms with E-state index in [1.807, 2.05) is 17.8 Å². The molecule has 98 valence electrons. The lowest BCUT2D eigenvalue weighted by molar-refractivity contribution is 0.272. The summed E-state index contributed by atoms with van der Waals surface area (Å²) in [5.74, 6) is 2.16. The van der Waals surface area contributed by atoms with Gasteiger partial charge in [0.1, 0.15) is 0 Å². The summed E-state index contributed by atoms with van der Waals surface area (Å²) >= 11 is 1.89. The second kappa shape index (κ2) is 8.55. The molecule has 0 aliphatic carbocycles. The Kier molecular flexibility index (Phi) is 7.32. The highest BCUT2D eigenvalue weighted by molar-refractivity contribution is 7.98. The van der Waals surface area contributed by atoms with E-state index in [0.29, 0.717) is 0 Å². The Hall–Kier alpha value is -0.520. The molecular weight excluding hydrogens is 234 g/mol. The number of hydrogen-bond donors (Lipinski definition) is 1. The molecule has 0 spiro atoms. The zero-order valence-corrected chi connectivity index (χ0v) is 11.8. The molecule has 1 N–H and O–H groups in total. The molecular formula is C12H23N3OS. The molecule has 0 saturated carbocycles. The van der Waals surface area contributed by atoms with Crippen molar-refractivity contribution in [2.75, 3.05) is 32.1 Å². The van der Waals surface area contributed by atoms with Crippen LogP contribution in [0.4, 0.5) is 0 Å². The average Bonchev–Trinajstić information content (AvgIpc) is 2.74. The first-order valence-electron chi connectivity index (χ1n) is 6.09. The highest BCUT2D eigenvalue weighted by Crippen LogP contribution is 2.07. The van der Waals surface area contributed by atoms with Gasteiger partial charge in [0.05, 0.1) is 12.2 Å². The highest BCUT2D eigenvalue weighted by atomic mass is 32.2. The van der Waals surface area contributed by atoms with E-state index < -0.39 is 0 Å². The minimum Gasteiger partial charge on any atom is -0.360 e. The first kappa shape index (κ1) is 14.5. The van der Waals surface area contributed by atoms with E-state index in [1.165, 1.54) is 12.2 Å². The molecule has 1 rings (SSSR count). The van der Waals surface area contributed by atoms with Crippen molar-refractivity contribution in [3.63, 3.8) is 0 Å². The SMILES string of the molecule is CCNCc1cc(CN(C)CCCSC)on1. The van der Waals surface area contributed by atoms with Gasteiger partial charge >= 0.3 is 0 Å². The maximum atomic E-state index is 5.30. The minimum absolute atomic E-state index is 0.788. The molecule has 0 bridgehead atoms. The fourth-order valence-electron chi connectivity index (χ4n) is 1.59. The van der Waals surface area contributed by atoms with Crippen LogP contribution in [0.15, 0.2) is 10.6 Å². The van der Waals surface area contributed by atoms with Crippen LogP contribution < -0.4 is 5.32 Å². The molecule has 0 radical (unpaired) electrons. The summed E-state index contributed by atoms with van der Waals surface area (Å²) in [6.07, 6.45) is 3.36. The Morgan fingerprint density at radius 1 is 1.53 bits per heavy atom. The third-order valence-corrected chi connectivity index (χ3v) is 3.17. The fraction of sp³-hybridized carbons (Fsp3) is 0.750. The van der Waals surface area contributed by atoms with Gasteiger partial charge in [0.25, 0.3) is 0 Å². The van der Waals surface area contributed by atoms with Gasteiger partial charge in [-0.05, 0) is 38.6 Å². The maximum Gasteiger partial charge on any atom is 0.151 e. The van der Waals surface area contributed by atoms with Gasteiger partial charge in [0.2, 0.25) is 0 Å². The summed E-state index contributed by atoms with van der Waals surface area (Å²) in [6.45, 7) is 5.77. The molecule has 1 heterocycles. The highest BCUT2D eigenvalue weighted by Gasteiger charge is 2.06. The molecule has 0 atom stereocenters. The molecule has 1 aromatic rings. The lowest BCUT2D eigenvalue weighted by Gasteiger charge is -2.13. The Morgan fingerprint density at radius 2 is 2.35 bits per heavy atom. The molecule has 5 heteroatoms. The Balaban J connectivity index is 2.27. The van der Waals surface area contributed by atoms with Crippen LogP contribution in [0.25, 0.3) is 0 Å². The number of nitrogens with zero attached hydrogens (tertiary/aromatic N) is 2. The van der Waals surface area contributed by atoms with Crippen LogP contribution in [-0.2, 0) is 13.1 Å². The predicted octanol–water partition coefficient (Wildman–Crippen LogP) is 1.97. The van der Waals surface area contributed by atoms with Gasteiger partial charge in [-0.15, -0.1) is 0 Å². The average molecular weight is 257 g/mol. The van der Waals surface area contributed by atoms with Crippen LogP contribution >= 0.6 is 11.8 Å². The lowest BCUT2D eigenvalue weighted by atomic mass is 10.3. The van der Waals surface area contributed by atoms with Gasteiger partial charge in [0, 0.05) is 12.6 Å². The largest absolute Gasteiger partial charge is 0.360 e. The number of hydrogen-bond acceptors (Lipinski definition) is 5. The predicted molar refractivity (Wildman–Crippen MR) is 73.2 cm³/mol. The Bertz CT molecular complexity index is 304. The van der Waals surface area contributed by atoms with Crippen molar-refractivity contribution in [2.45, 2.75) is 26.4 Å². The molecule has 0 saturated heterocycles. The maximum absolute atomic E-state index is 5.30. The fourth-order valence-corrected chi connectivity index (χ4v) is 2.01. The molecule has 17 heavy (non-hydrogen) atoms. The van der Waals surface area contributed by atoms with Crippen LogP contribution in [-0.4, -0.2) is 42.2 Å². The van der Waals surface area contributed by atoms with Crippen molar-refractivity contribution >= 4 is 11.8 Å². The summed E-state index contributed by atoms with van der Waals surface area (Å²) in [7, 11) is 2.12. The summed E-state index contributed by atoms with van der Waals surface area (Å²) in [4.78, 5) is 2.27. The Labute approximate surface area is 108 Å². The van der Waals surface area contributed by atoms with E-state index in [4.69, 9.17) is 4.52 Å². The third-order valence-electron chi connectivity index (χ3n) is 2.48. The summed E-state index contributed by atoms with van der Waals surface area (Å²) in [5, 5.41) is 7.27.